The van der Waals surface area contributed by atoms with Crippen LogP contribution in [0, 0.1) is 11.7 Å². The minimum absolute atomic E-state index is 0.108. The quantitative estimate of drug-likeness (QED) is 0.261. The maximum absolute atomic E-state index is 13.3. The first kappa shape index (κ1) is 30.6. The molecule has 0 spiro atoms. The monoisotopic (exact) mass is 550 g/mol. The van der Waals surface area contributed by atoms with E-state index < -0.39 is 23.8 Å². The number of carbonyl (C=O) groups is 3. The average molecular weight is 551 g/mol. The van der Waals surface area contributed by atoms with E-state index in [1.165, 1.54) is 24.3 Å². The number of benzene rings is 2. The highest BCUT2D eigenvalue weighted by Gasteiger charge is 2.27. The number of hydrogen-bond acceptors (Lipinski definition) is 5. The van der Waals surface area contributed by atoms with Gasteiger partial charge < -0.3 is 25.7 Å². The third-order valence-electron chi connectivity index (χ3n) is 6.67. The Bertz CT molecular complexity index is 1240. The number of halogens is 1. The number of nitrogens with one attached hydrogen (secondary N) is 2. The van der Waals surface area contributed by atoms with Gasteiger partial charge in [-0.2, -0.15) is 0 Å². The van der Waals surface area contributed by atoms with Crippen LogP contribution in [0.2, 0.25) is 0 Å². The lowest BCUT2D eigenvalue weighted by atomic mass is 9.93. The second-order valence-electron chi connectivity index (χ2n) is 10.0. The molecule has 4 N–H and O–H groups in total. The summed E-state index contributed by atoms with van der Waals surface area (Å²) in [6.45, 7) is 7.09. The standard InChI is InChI=1S/C31H39FN4O4/c1-4-15-36(16-5-2)31(39)23-9-6-8-22(19-23)30(38)35-28(20-26-10-7-17-40-26)27(33)18-21(3)29(37)34-25-13-11-24(32)12-14-25/h6-14,17,19,21,27-28H,4-5,15-16,18,20,33H2,1-3H3,(H,34,37)(H,35,38)/t21-,27+,28+/m1/s1. The molecule has 0 aliphatic rings. The lowest BCUT2D eigenvalue weighted by Crippen LogP contribution is -2.50. The summed E-state index contributed by atoms with van der Waals surface area (Å²) in [6.07, 6.45) is 3.84. The first-order chi connectivity index (χ1) is 19.2. The van der Waals surface area contributed by atoms with Gasteiger partial charge in [0.25, 0.3) is 11.8 Å². The van der Waals surface area contributed by atoms with Crippen molar-refractivity contribution in [2.75, 3.05) is 18.4 Å². The van der Waals surface area contributed by atoms with Crippen molar-refractivity contribution >= 4 is 23.4 Å². The van der Waals surface area contributed by atoms with Crippen molar-refractivity contribution in [1.82, 2.24) is 10.2 Å². The van der Waals surface area contributed by atoms with Gasteiger partial charge in [-0.15, -0.1) is 0 Å². The van der Waals surface area contributed by atoms with Gasteiger partial charge in [0.05, 0.1) is 12.3 Å². The van der Waals surface area contributed by atoms with Gasteiger partial charge >= 0.3 is 0 Å². The number of rotatable bonds is 14. The molecule has 0 aliphatic heterocycles. The molecule has 1 heterocycles. The third-order valence-corrected chi connectivity index (χ3v) is 6.67. The third kappa shape index (κ3) is 8.77. The molecule has 40 heavy (non-hydrogen) atoms. The van der Waals surface area contributed by atoms with E-state index >= 15 is 0 Å². The van der Waals surface area contributed by atoms with Crippen LogP contribution in [0.1, 0.15) is 66.5 Å². The van der Waals surface area contributed by atoms with Crippen molar-refractivity contribution in [3.63, 3.8) is 0 Å². The molecule has 214 valence electrons. The maximum Gasteiger partial charge on any atom is 0.253 e. The van der Waals surface area contributed by atoms with Gasteiger partial charge in [0.2, 0.25) is 5.91 Å². The molecule has 8 nitrogen and oxygen atoms in total. The SMILES string of the molecule is CCCN(CCC)C(=O)c1cccc(C(=O)N[C@@H](Cc2ccco2)[C@@H](N)C[C@@H](C)C(=O)Nc2ccc(F)cc2)c1. The summed E-state index contributed by atoms with van der Waals surface area (Å²) in [5, 5.41) is 5.76. The van der Waals surface area contributed by atoms with Gasteiger partial charge in [0.1, 0.15) is 11.6 Å². The van der Waals surface area contributed by atoms with Gasteiger partial charge in [0, 0.05) is 48.3 Å². The molecule has 0 unspecified atom stereocenters. The number of nitrogens with two attached hydrogens (primary N) is 1. The molecule has 2 aromatic carbocycles. The Morgan fingerprint density at radius 3 is 2.27 bits per heavy atom. The average Bonchev–Trinajstić information content (AvgIpc) is 3.46. The fourth-order valence-corrected chi connectivity index (χ4v) is 4.52. The molecule has 1 aromatic heterocycles. The molecule has 0 fully saturated rings. The summed E-state index contributed by atoms with van der Waals surface area (Å²) in [7, 11) is 0. The van der Waals surface area contributed by atoms with Crippen LogP contribution in [0.3, 0.4) is 0 Å². The van der Waals surface area contributed by atoms with Crippen LogP contribution < -0.4 is 16.4 Å². The van der Waals surface area contributed by atoms with Gasteiger partial charge in [-0.05, 0) is 73.9 Å². The molecule has 0 bridgehead atoms. The van der Waals surface area contributed by atoms with Crippen molar-refractivity contribution in [3.05, 3.63) is 89.6 Å². The van der Waals surface area contributed by atoms with E-state index in [4.69, 9.17) is 10.2 Å². The minimum Gasteiger partial charge on any atom is -0.469 e. The van der Waals surface area contributed by atoms with Gasteiger partial charge in [-0.3, -0.25) is 14.4 Å². The Kier molecular flexibility index (Phi) is 11.4. The van der Waals surface area contributed by atoms with Crippen LogP contribution in [0.4, 0.5) is 10.1 Å². The highest BCUT2D eigenvalue weighted by molar-refractivity contribution is 5.99. The predicted octanol–water partition coefficient (Wildman–Crippen LogP) is 5.01. The summed E-state index contributed by atoms with van der Waals surface area (Å²) in [5.74, 6) is -0.979. The second kappa shape index (κ2) is 15.0. The molecule has 3 amide bonds. The van der Waals surface area contributed by atoms with Gasteiger partial charge in [0.15, 0.2) is 0 Å². The number of nitrogens with zero attached hydrogens (tertiary/aromatic N) is 1. The Labute approximate surface area is 235 Å². The number of carbonyl (C=O) groups excluding carboxylic acids is 3. The van der Waals surface area contributed by atoms with Crippen LogP contribution >= 0.6 is 0 Å². The fraction of sp³-hybridized carbons (Fsp3) is 0.387. The number of furan rings is 1. The molecule has 3 atom stereocenters. The van der Waals surface area contributed by atoms with E-state index in [0.29, 0.717) is 42.1 Å². The minimum atomic E-state index is -0.586. The lowest BCUT2D eigenvalue weighted by Gasteiger charge is -2.27. The molecule has 9 heteroatoms. The van der Waals surface area contributed by atoms with Gasteiger partial charge in [-0.25, -0.2) is 4.39 Å². The second-order valence-corrected chi connectivity index (χ2v) is 10.0. The first-order valence-corrected chi connectivity index (χ1v) is 13.8. The summed E-state index contributed by atoms with van der Waals surface area (Å²) >= 11 is 0. The fourth-order valence-electron chi connectivity index (χ4n) is 4.52. The number of anilines is 1. The van der Waals surface area contributed by atoms with E-state index in [2.05, 4.69) is 10.6 Å². The molecule has 3 rings (SSSR count). The van der Waals surface area contributed by atoms with Crippen LogP contribution in [0.15, 0.2) is 71.3 Å². The molecular formula is C31H39FN4O4. The maximum atomic E-state index is 13.3. The normalized spacial score (nSPS) is 13.2. The first-order valence-electron chi connectivity index (χ1n) is 13.8. The summed E-state index contributed by atoms with van der Waals surface area (Å²) in [4.78, 5) is 41.0. The largest absolute Gasteiger partial charge is 0.469 e. The highest BCUT2D eigenvalue weighted by atomic mass is 19.1. The van der Waals surface area contributed by atoms with Crippen molar-refractivity contribution in [3.8, 4) is 0 Å². The van der Waals surface area contributed by atoms with E-state index in [9.17, 15) is 18.8 Å². The molecule has 0 saturated heterocycles. The molecule has 3 aromatic rings. The summed E-state index contributed by atoms with van der Waals surface area (Å²) < 4.78 is 18.7. The smallest absolute Gasteiger partial charge is 0.253 e. The Morgan fingerprint density at radius 2 is 1.65 bits per heavy atom. The Morgan fingerprint density at radius 1 is 0.975 bits per heavy atom. The predicted molar refractivity (Wildman–Crippen MR) is 153 cm³/mol. The highest BCUT2D eigenvalue weighted by Crippen LogP contribution is 2.17. The van der Waals surface area contributed by atoms with Crippen LogP contribution in [-0.4, -0.2) is 47.8 Å². The number of amides is 3. The van der Waals surface area contributed by atoms with Gasteiger partial charge in [-0.1, -0.05) is 26.8 Å². The van der Waals surface area contributed by atoms with E-state index in [1.807, 2.05) is 13.8 Å². The zero-order valence-electron chi connectivity index (χ0n) is 23.4. The van der Waals surface area contributed by atoms with Crippen LogP contribution in [0.25, 0.3) is 0 Å². The lowest BCUT2D eigenvalue weighted by molar-refractivity contribution is -0.119. The van der Waals surface area contributed by atoms with Crippen molar-refractivity contribution < 1.29 is 23.2 Å². The number of hydrogen-bond donors (Lipinski definition) is 3. The molecular weight excluding hydrogens is 511 g/mol. The summed E-state index contributed by atoms with van der Waals surface area (Å²) in [5.41, 5.74) is 7.83. The zero-order chi connectivity index (χ0) is 29.1. The molecule has 0 aliphatic carbocycles. The topological polar surface area (TPSA) is 118 Å². The summed E-state index contributed by atoms with van der Waals surface area (Å²) in [6, 6.07) is 14.6. The van der Waals surface area contributed by atoms with Crippen molar-refractivity contribution in [2.24, 2.45) is 11.7 Å². The van der Waals surface area contributed by atoms with Crippen molar-refractivity contribution in [2.45, 2.75) is 58.5 Å². The van der Waals surface area contributed by atoms with E-state index in [0.717, 1.165) is 12.8 Å². The van der Waals surface area contributed by atoms with Crippen LogP contribution in [0.5, 0.6) is 0 Å². The molecule has 0 saturated carbocycles. The van der Waals surface area contributed by atoms with E-state index in [-0.39, 0.29) is 24.1 Å². The van der Waals surface area contributed by atoms with E-state index in [1.54, 1.807) is 54.5 Å². The Balaban J connectivity index is 1.72. The zero-order valence-corrected chi connectivity index (χ0v) is 23.4. The Hall–Kier alpha value is -3.98. The van der Waals surface area contributed by atoms with Crippen LogP contribution in [-0.2, 0) is 11.2 Å². The van der Waals surface area contributed by atoms with Crippen molar-refractivity contribution in [1.29, 1.82) is 0 Å². The molecule has 0 radical (unpaired) electrons.